The van der Waals surface area contributed by atoms with Crippen molar-refractivity contribution in [1.82, 2.24) is 0 Å². The minimum absolute atomic E-state index is 0.391. The Morgan fingerprint density at radius 1 is 1.39 bits per heavy atom. The van der Waals surface area contributed by atoms with Gasteiger partial charge in [0.25, 0.3) is 0 Å². The maximum atomic E-state index is 11.6. The molecule has 1 heterocycles. The molecule has 0 saturated heterocycles. The van der Waals surface area contributed by atoms with Crippen molar-refractivity contribution in [2.24, 2.45) is 0 Å². The molecule has 1 N–H and O–H groups in total. The molecule has 18 heavy (non-hydrogen) atoms. The van der Waals surface area contributed by atoms with Crippen LogP contribution < -0.4 is 5.32 Å². The van der Waals surface area contributed by atoms with Crippen molar-refractivity contribution >= 4 is 34.7 Å². The number of benzene rings is 1. The summed E-state index contributed by atoms with van der Waals surface area (Å²) >= 11 is 7.54. The number of hydrogen-bond acceptors (Lipinski definition) is 3. The van der Waals surface area contributed by atoms with Crippen LogP contribution in [0.1, 0.15) is 18.6 Å². The van der Waals surface area contributed by atoms with Crippen LogP contribution in [0.2, 0.25) is 5.02 Å². The van der Waals surface area contributed by atoms with Crippen molar-refractivity contribution in [3.8, 4) is 0 Å². The summed E-state index contributed by atoms with van der Waals surface area (Å²) in [7, 11) is 0. The van der Waals surface area contributed by atoms with Gasteiger partial charge < -0.3 is 4.74 Å². The number of thiophene rings is 1. The zero-order chi connectivity index (χ0) is 13.0. The Morgan fingerprint density at radius 3 is 2.83 bits per heavy atom. The van der Waals surface area contributed by atoms with E-state index in [9.17, 15) is 4.79 Å². The van der Waals surface area contributed by atoms with Gasteiger partial charge in [0.1, 0.15) is 6.10 Å². The second-order valence-corrected chi connectivity index (χ2v) is 4.89. The van der Waals surface area contributed by atoms with Gasteiger partial charge in [-0.15, -0.1) is 0 Å². The number of carbonyl (C=O) groups is 1. The highest BCUT2D eigenvalue weighted by Gasteiger charge is 2.14. The first-order valence-electron chi connectivity index (χ1n) is 5.41. The van der Waals surface area contributed by atoms with E-state index < -0.39 is 12.2 Å². The second kappa shape index (κ2) is 5.89. The minimum Gasteiger partial charge on any atom is -0.441 e. The number of carbonyl (C=O) groups excluding carboxylic acids is 1. The average molecular weight is 282 g/mol. The average Bonchev–Trinajstić information content (AvgIpc) is 2.82. The lowest BCUT2D eigenvalue weighted by atomic mass is 10.1. The zero-order valence-electron chi connectivity index (χ0n) is 9.72. The first kappa shape index (κ1) is 12.9. The lowest BCUT2D eigenvalue weighted by Gasteiger charge is -2.14. The van der Waals surface area contributed by atoms with Crippen LogP contribution in [0.3, 0.4) is 0 Å². The monoisotopic (exact) mass is 281 g/mol. The number of nitrogens with one attached hydrogen (secondary N) is 1. The Balaban J connectivity index is 1.97. The molecule has 1 amide bonds. The molecule has 0 radical (unpaired) electrons. The SMILES string of the molecule is C[C@@H](OC(=O)Nc1ccsc1)c1ccccc1Cl. The zero-order valence-corrected chi connectivity index (χ0v) is 11.3. The van der Waals surface area contributed by atoms with E-state index in [0.29, 0.717) is 5.02 Å². The summed E-state index contributed by atoms with van der Waals surface area (Å²) in [4.78, 5) is 11.6. The number of amides is 1. The summed E-state index contributed by atoms with van der Waals surface area (Å²) in [5, 5.41) is 6.96. The van der Waals surface area contributed by atoms with Crippen molar-refractivity contribution in [3.63, 3.8) is 0 Å². The van der Waals surface area contributed by atoms with Crippen LogP contribution in [0.4, 0.5) is 10.5 Å². The van der Waals surface area contributed by atoms with Crippen LogP contribution in [0.15, 0.2) is 41.1 Å². The minimum atomic E-state index is -0.485. The van der Waals surface area contributed by atoms with Crippen LogP contribution >= 0.6 is 22.9 Å². The molecule has 1 aromatic carbocycles. The van der Waals surface area contributed by atoms with Crippen LogP contribution in [-0.4, -0.2) is 6.09 Å². The molecule has 0 aliphatic heterocycles. The van der Waals surface area contributed by atoms with Crippen molar-refractivity contribution in [2.75, 3.05) is 5.32 Å². The number of hydrogen-bond donors (Lipinski definition) is 1. The highest BCUT2D eigenvalue weighted by Crippen LogP contribution is 2.25. The molecule has 0 fully saturated rings. The maximum Gasteiger partial charge on any atom is 0.412 e. The molecule has 0 saturated carbocycles. The predicted octanol–water partition coefficient (Wildman–Crippen LogP) is 4.71. The molecule has 3 nitrogen and oxygen atoms in total. The second-order valence-electron chi connectivity index (χ2n) is 3.71. The molecular weight excluding hydrogens is 270 g/mol. The topological polar surface area (TPSA) is 38.3 Å². The lowest BCUT2D eigenvalue weighted by molar-refractivity contribution is 0.121. The van der Waals surface area contributed by atoms with Gasteiger partial charge in [0.2, 0.25) is 0 Å². The van der Waals surface area contributed by atoms with Crippen molar-refractivity contribution in [1.29, 1.82) is 0 Å². The van der Waals surface area contributed by atoms with Gasteiger partial charge in [0.05, 0.1) is 5.69 Å². The summed E-state index contributed by atoms with van der Waals surface area (Å²) < 4.78 is 5.26. The van der Waals surface area contributed by atoms with Gasteiger partial charge in [-0.25, -0.2) is 4.79 Å². The highest BCUT2D eigenvalue weighted by molar-refractivity contribution is 7.08. The highest BCUT2D eigenvalue weighted by atomic mass is 35.5. The quantitative estimate of drug-likeness (QED) is 0.885. The molecule has 1 atom stereocenters. The first-order valence-corrected chi connectivity index (χ1v) is 6.73. The smallest absolute Gasteiger partial charge is 0.412 e. The number of rotatable bonds is 3. The van der Waals surface area contributed by atoms with Crippen LogP contribution in [-0.2, 0) is 4.74 Å². The lowest BCUT2D eigenvalue weighted by Crippen LogP contribution is -2.15. The fourth-order valence-corrected chi connectivity index (χ4v) is 2.39. The summed E-state index contributed by atoms with van der Waals surface area (Å²) in [5.41, 5.74) is 1.52. The Kier molecular flexibility index (Phi) is 4.23. The largest absolute Gasteiger partial charge is 0.441 e. The molecule has 0 spiro atoms. The van der Waals surface area contributed by atoms with E-state index in [0.717, 1.165) is 11.3 Å². The fraction of sp³-hybridized carbons (Fsp3) is 0.154. The first-order chi connectivity index (χ1) is 8.66. The number of halogens is 1. The van der Waals surface area contributed by atoms with Crippen LogP contribution in [0.5, 0.6) is 0 Å². The van der Waals surface area contributed by atoms with Crippen LogP contribution in [0, 0.1) is 0 Å². The van der Waals surface area contributed by atoms with E-state index in [1.807, 2.05) is 35.0 Å². The van der Waals surface area contributed by atoms with Gasteiger partial charge in [-0.05, 0) is 24.4 Å². The maximum absolute atomic E-state index is 11.6. The molecule has 94 valence electrons. The van der Waals surface area contributed by atoms with Gasteiger partial charge >= 0.3 is 6.09 Å². The van der Waals surface area contributed by atoms with Gasteiger partial charge in [-0.2, -0.15) is 11.3 Å². The molecule has 2 rings (SSSR count). The molecular formula is C13H12ClNO2S. The van der Waals surface area contributed by atoms with Crippen molar-refractivity contribution < 1.29 is 9.53 Å². The summed E-state index contributed by atoms with van der Waals surface area (Å²) in [6, 6.07) is 9.12. The predicted molar refractivity (Wildman–Crippen MR) is 74.3 cm³/mol. The standard InChI is InChI=1S/C13H12ClNO2S/c1-9(11-4-2-3-5-12(11)14)17-13(16)15-10-6-7-18-8-10/h2-9H,1H3,(H,15,16)/t9-/m1/s1. The third-order valence-electron chi connectivity index (χ3n) is 2.39. The third-order valence-corrected chi connectivity index (χ3v) is 3.42. The molecule has 2 aromatic rings. The van der Waals surface area contributed by atoms with Gasteiger partial charge in [-0.1, -0.05) is 29.8 Å². The molecule has 0 aliphatic carbocycles. The van der Waals surface area contributed by atoms with Gasteiger partial charge in [-0.3, -0.25) is 5.32 Å². The van der Waals surface area contributed by atoms with Gasteiger partial charge in [0, 0.05) is 16.0 Å². The summed E-state index contributed by atoms with van der Waals surface area (Å²) in [6.45, 7) is 1.79. The van der Waals surface area contributed by atoms with Crippen LogP contribution in [0.25, 0.3) is 0 Å². The molecule has 0 aliphatic rings. The van der Waals surface area contributed by atoms with Crippen molar-refractivity contribution in [3.05, 3.63) is 51.7 Å². The Bertz CT molecular complexity index is 528. The van der Waals surface area contributed by atoms with E-state index in [4.69, 9.17) is 16.3 Å². The van der Waals surface area contributed by atoms with Crippen molar-refractivity contribution in [2.45, 2.75) is 13.0 Å². The molecule has 5 heteroatoms. The Hall–Kier alpha value is -1.52. The molecule has 0 unspecified atom stereocenters. The number of anilines is 1. The van der Waals surface area contributed by atoms with E-state index >= 15 is 0 Å². The van der Waals surface area contributed by atoms with E-state index in [1.54, 1.807) is 13.0 Å². The number of ether oxygens (including phenoxy) is 1. The Labute approximate surface area is 114 Å². The Morgan fingerprint density at radius 2 is 2.17 bits per heavy atom. The van der Waals surface area contributed by atoms with E-state index in [1.165, 1.54) is 11.3 Å². The summed E-state index contributed by atoms with van der Waals surface area (Å²) in [5.74, 6) is 0. The summed E-state index contributed by atoms with van der Waals surface area (Å²) in [6.07, 6.45) is -0.877. The van der Waals surface area contributed by atoms with Gasteiger partial charge in [0.15, 0.2) is 0 Å². The third kappa shape index (κ3) is 3.24. The van der Waals surface area contributed by atoms with E-state index in [-0.39, 0.29) is 0 Å². The molecule has 1 aromatic heterocycles. The normalized spacial score (nSPS) is 11.9. The fourth-order valence-electron chi connectivity index (χ4n) is 1.51. The van der Waals surface area contributed by atoms with E-state index in [2.05, 4.69) is 5.32 Å². The molecule has 0 bridgehead atoms.